The Morgan fingerprint density at radius 2 is 1.92 bits per heavy atom. The minimum absolute atomic E-state index is 0.0343. The van der Waals surface area contributed by atoms with Gasteiger partial charge in [-0.05, 0) is 43.9 Å². The summed E-state index contributed by atoms with van der Waals surface area (Å²) in [6.07, 6.45) is 3.16. The van der Waals surface area contributed by atoms with Crippen LogP contribution in [0.4, 0.5) is 0 Å². The van der Waals surface area contributed by atoms with E-state index in [0.29, 0.717) is 18.3 Å². The van der Waals surface area contributed by atoms with Crippen LogP contribution < -0.4 is 0 Å². The highest BCUT2D eigenvalue weighted by Crippen LogP contribution is 2.60. The van der Waals surface area contributed by atoms with Gasteiger partial charge in [-0.2, -0.15) is 0 Å². The second kappa shape index (κ2) is 6.43. The monoisotopic (exact) mass is 368 g/mol. The van der Waals surface area contributed by atoms with Crippen LogP contribution in [0.5, 0.6) is 0 Å². The van der Waals surface area contributed by atoms with Crippen molar-refractivity contribution in [3.8, 4) is 0 Å². The number of rotatable bonds is 3. The van der Waals surface area contributed by atoms with Gasteiger partial charge in [-0.15, -0.1) is 0 Å². The number of carbonyl (C=O) groups is 1. The number of hydrogen-bond acceptors (Lipinski definition) is 6. The zero-order valence-electron chi connectivity index (χ0n) is 16.5. The summed E-state index contributed by atoms with van der Waals surface area (Å²) in [5, 5.41) is 0. The third-order valence-electron chi connectivity index (χ3n) is 6.92. The van der Waals surface area contributed by atoms with Gasteiger partial charge in [0.2, 0.25) is 12.1 Å². The lowest BCUT2D eigenvalue weighted by atomic mass is 9.58. The van der Waals surface area contributed by atoms with E-state index in [4.69, 9.17) is 24.0 Å². The molecule has 26 heavy (non-hydrogen) atoms. The third kappa shape index (κ3) is 2.81. The van der Waals surface area contributed by atoms with Crippen molar-refractivity contribution in [2.75, 3.05) is 0 Å². The van der Waals surface area contributed by atoms with Crippen LogP contribution in [0, 0.1) is 29.6 Å². The molecule has 6 heteroatoms. The summed E-state index contributed by atoms with van der Waals surface area (Å²) in [6, 6.07) is 0. The fourth-order valence-electron chi connectivity index (χ4n) is 5.52. The average molecular weight is 368 g/mol. The molecule has 5 fully saturated rings. The molecular weight excluding hydrogens is 336 g/mol. The van der Waals surface area contributed by atoms with E-state index in [1.54, 1.807) is 0 Å². The lowest BCUT2D eigenvalue weighted by Gasteiger charge is -2.59. The Morgan fingerprint density at radius 1 is 1.15 bits per heavy atom. The first-order valence-corrected chi connectivity index (χ1v) is 10.1. The molecule has 1 aliphatic carbocycles. The molecule has 4 saturated heterocycles. The fourth-order valence-corrected chi connectivity index (χ4v) is 5.52. The summed E-state index contributed by atoms with van der Waals surface area (Å²) in [5.74, 6) is 0.311. The summed E-state index contributed by atoms with van der Waals surface area (Å²) in [4.78, 5) is 24.1. The number of ether oxygens (including phenoxy) is 3. The third-order valence-corrected chi connectivity index (χ3v) is 6.92. The van der Waals surface area contributed by atoms with Crippen molar-refractivity contribution in [2.45, 2.75) is 90.7 Å². The maximum atomic E-state index is 12.2. The van der Waals surface area contributed by atoms with Crippen molar-refractivity contribution in [3.05, 3.63) is 0 Å². The van der Waals surface area contributed by atoms with E-state index in [9.17, 15) is 4.79 Å². The highest BCUT2D eigenvalue weighted by atomic mass is 17.3. The minimum Gasteiger partial charge on any atom is -0.435 e. The van der Waals surface area contributed by atoms with Crippen LogP contribution in [-0.4, -0.2) is 29.9 Å². The molecule has 5 aliphatic rings. The Balaban J connectivity index is 1.63. The van der Waals surface area contributed by atoms with E-state index >= 15 is 0 Å². The van der Waals surface area contributed by atoms with Gasteiger partial charge in [0.15, 0.2) is 11.9 Å². The smallest absolute Gasteiger partial charge is 0.308 e. The van der Waals surface area contributed by atoms with Crippen molar-refractivity contribution < 1.29 is 28.8 Å². The Labute approximate surface area is 155 Å². The van der Waals surface area contributed by atoms with Gasteiger partial charge in [0.05, 0.1) is 0 Å². The minimum atomic E-state index is -0.801. The molecule has 4 aliphatic heterocycles. The van der Waals surface area contributed by atoms with Crippen LogP contribution in [-0.2, 0) is 28.8 Å². The summed E-state index contributed by atoms with van der Waals surface area (Å²) in [5.41, 5.74) is -0.603. The number of hydrogen-bond donors (Lipinski definition) is 0. The van der Waals surface area contributed by atoms with Gasteiger partial charge in [0.1, 0.15) is 0 Å². The molecule has 0 aromatic rings. The van der Waals surface area contributed by atoms with Crippen LogP contribution in [0.2, 0.25) is 0 Å². The molecule has 1 saturated carbocycles. The summed E-state index contributed by atoms with van der Waals surface area (Å²) in [7, 11) is 0. The largest absolute Gasteiger partial charge is 0.435 e. The normalized spacial score (nSPS) is 50.2. The second-order valence-corrected chi connectivity index (χ2v) is 9.36. The van der Waals surface area contributed by atoms with E-state index in [1.807, 2.05) is 20.8 Å². The molecule has 148 valence electrons. The summed E-state index contributed by atoms with van der Waals surface area (Å²) < 4.78 is 18.2. The molecule has 0 N–H and O–H groups in total. The molecule has 5 rings (SSSR count). The molecule has 3 unspecified atom stereocenters. The van der Waals surface area contributed by atoms with Gasteiger partial charge < -0.3 is 14.2 Å². The first-order valence-electron chi connectivity index (χ1n) is 10.1. The van der Waals surface area contributed by atoms with Crippen LogP contribution in [0.1, 0.15) is 66.7 Å². The lowest BCUT2D eigenvalue weighted by molar-refractivity contribution is -0.576. The van der Waals surface area contributed by atoms with Crippen molar-refractivity contribution in [1.82, 2.24) is 0 Å². The first kappa shape index (κ1) is 18.7. The standard InChI is InChI=1S/C20H32O6/c1-11(2)10-16(21)22-17-13(4)15-7-6-12(3)14-8-9-19(5)24-18(23-17)20(14,15)26-25-19/h11-15,17-18H,6-10H2,1-5H3/t12-,13-,14+,15?,17?,18-,19+,20?/m1/s1. The van der Waals surface area contributed by atoms with Crippen LogP contribution in [0.15, 0.2) is 0 Å². The second-order valence-electron chi connectivity index (χ2n) is 9.36. The Morgan fingerprint density at radius 3 is 2.65 bits per heavy atom. The maximum absolute atomic E-state index is 12.2. The van der Waals surface area contributed by atoms with Gasteiger partial charge in [0, 0.05) is 24.7 Å². The first-order chi connectivity index (χ1) is 12.2. The van der Waals surface area contributed by atoms with Crippen molar-refractivity contribution in [1.29, 1.82) is 0 Å². The molecule has 0 radical (unpaired) electrons. The van der Waals surface area contributed by atoms with E-state index in [0.717, 1.165) is 25.7 Å². The van der Waals surface area contributed by atoms with E-state index in [-0.39, 0.29) is 23.7 Å². The van der Waals surface area contributed by atoms with E-state index < -0.39 is 24.0 Å². The summed E-state index contributed by atoms with van der Waals surface area (Å²) >= 11 is 0. The quantitative estimate of drug-likeness (QED) is 0.558. The zero-order valence-corrected chi connectivity index (χ0v) is 16.5. The Kier molecular flexibility index (Phi) is 4.62. The number of esters is 1. The maximum Gasteiger partial charge on any atom is 0.308 e. The molecule has 0 aromatic heterocycles. The van der Waals surface area contributed by atoms with Gasteiger partial charge in [-0.1, -0.05) is 27.7 Å². The average Bonchev–Trinajstić information content (AvgIpc) is 2.78. The highest BCUT2D eigenvalue weighted by molar-refractivity contribution is 5.69. The fraction of sp³-hybridized carbons (Fsp3) is 0.950. The lowest BCUT2D eigenvalue weighted by Crippen LogP contribution is -2.70. The Hall–Kier alpha value is -0.690. The van der Waals surface area contributed by atoms with Gasteiger partial charge >= 0.3 is 5.97 Å². The van der Waals surface area contributed by atoms with Crippen LogP contribution in [0.25, 0.3) is 0 Å². The molecular formula is C20H32O6. The van der Waals surface area contributed by atoms with E-state index in [1.165, 1.54) is 0 Å². The molecule has 6 nitrogen and oxygen atoms in total. The van der Waals surface area contributed by atoms with E-state index in [2.05, 4.69) is 13.8 Å². The van der Waals surface area contributed by atoms with Crippen LogP contribution >= 0.6 is 0 Å². The topological polar surface area (TPSA) is 63.2 Å². The van der Waals surface area contributed by atoms with Gasteiger partial charge in [0.25, 0.3) is 0 Å². The molecule has 2 bridgehead atoms. The zero-order chi connectivity index (χ0) is 18.7. The SMILES string of the molecule is CC(C)CC(=O)OC1O[C@@H]2O[C@]3(C)CC[C@H]4[C@H](C)CCC([C@H]1C)C24OO3. The number of carbonyl (C=O) groups excluding carboxylic acids is 1. The summed E-state index contributed by atoms with van der Waals surface area (Å²) in [6.45, 7) is 10.3. The van der Waals surface area contributed by atoms with Crippen molar-refractivity contribution in [3.63, 3.8) is 0 Å². The predicted molar refractivity (Wildman–Crippen MR) is 92.4 cm³/mol. The molecule has 0 aromatic carbocycles. The van der Waals surface area contributed by atoms with Crippen molar-refractivity contribution in [2.24, 2.45) is 29.6 Å². The number of fused-ring (bicyclic) bond motifs is 2. The van der Waals surface area contributed by atoms with Crippen LogP contribution in [0.3, 0.4) is 0 Å². The highest BCUT2D eigenvalue weighted by Gasteiger charge is 2.69. The van der Waals surface area contributed by atoms with Gasteiger partial charge in [-0.25, -0.2) is 9.78 Å². The Bertz CT molecular complexity index is 565. The predicted octanol–water partition coefficient (Wildman–Crippen LogP) is 3.78. The van der Waals surface area contributed by atoms with Gasteiger partial charge in [-0.3, -0.25) is 4.79 Å². The van der Waals surface area contributed by atoms with Crippen molar-refractivity contribution >= 4 is 5.97 Å². The molecule has 8 atom stereocenters. The molecule has 1 spiro atoms. The molecule has 4 heterocycles. The molecule has 0 amide bonds.